The van der Waals surface area contributed by atoms with E-state index >= 15 is 0 Å². The van der Waals surface area contributed by atoms with E-state index in [2.05, 4.69) is 17.3 Å². The van der Waals surface area contributed by atoms with Gasteiger partial charge in [-0.15, -0.1) is 0 Å². The highest BCUT2D eigenvalue weighted by Crippen LogP contribution is 2.18. The van der Waals surface area contributed by atoms with Gasteiger partial charge in [-0.2, -0.15) is 5.10 Å². The van der Waals surface area contributed by atoms with Crippen LogP contribution in [0, 0.1) is 0 Å². The molecule has 0 amide bonds. The lowest BCUT2D eigenvalue weighted by molar-refractivity contribution is 0.000692. The van der Waals surface area contributed by atoms with Crippen LogP contribution in [0.25, 0.3) is 0 Å². The van der Waals surface area contributed by atoms with Gasteiger partial charge in [0.15, 0.2) is 0 Å². The molecule has 0 radical (unpaired) electrons. The topological polar surface area (TPSA) is 56.1 Å². The molecule has 0 aromatic carbocycles. The first kappa shape index (κ1) is 17.0. The Morgan fingerprint density at radius 3 is 2.75 bits per heavy atom. The summed E-state index contributed by atoms with van der Waals surface area (Å²) >= 11 is 6.11. The summed E-state index contributed by atoms with van der Waals surface area (Å²) in [5.74, 6) is 0. The SMILES string of the molecule is CCCCn1ncc(NCC(C)(C)OCC)c(Cl)c1=O. The molecule has 0 spiro atoms. The average molecular weight is 302 g/mol. The Morgan fingerprint density at radius 1 is 1.45 bits per heavy atom. The minimum absolute atomic E-state index is 0.184. The highest BCUT2D eigenvalue weighted by molar-refractivity contribution is 6.32. The molecule has 1 rings (SSSR count). The lowest BCUT2D eigenvalue weighted by atomic mass is 10.1. The molecule has 1 heterocycles. The fourth-order valence-electron chi connectivity index (χ4n) is 1.81. The summed E-state index contributed by atoms with van der Waals surface area (Å²) in [5, 5.41) is 7.45. The zero-order valence-electron chi connectivity index (χ0n) is 12.7. The summed E-state index contributed by atoms with van der Waals surface area (Å²) in [6.45, 7) is 9.77. The summed E-state index contributed by atoms with van der Waals surface area (Å²) in [7, 11) is 0. The summed E-state index contributed by atoms with van der Waals surface area (Å²) in [6, 6.07) is 0. The lowest BCUT2D eigenvalue weighted by Crippen LogP contribution is -2.34. The lowest BCUT2D eigenvalue weighted by Gasteiger charge is -2.25. The Bertz CT molecular complexity index is 486. The summed E-state index contributed by atoms with van der Waals surface area (Å²) in [5.41, 5.74) is -0.0219. The molecule has 1 aromatic heterocycles. The number of aryl methyl sites for hydroxylation is 1. The zero-order valence-corrected chi connectivity index (χ0v) is 13.5. The maximum atomic E-state index is 12.0. The van der Waals surface area contributed by atoms with E-state index in [1.165, 1.54) is 4.68 Å². The second-order valence-corrected chi connectivity index (χ2v) is 5.68. The molecule has 114 valence electrons. The van der Waals surface area contributed by atoms with Crippen molar-refractivity contribution in [2.24, 2.45) is 0 Å². The standard InChI is InChI=1S/C14H24ClN3O2/c1-5-7-8-18-13(19)12(15)11(9-17-18)16-10-14(3,4)20-6-2/h9,16H,5-8,10H2,1-4H3. The van der Waals surface area contributed by atoms with E-state index in [0.29, 0.717) is 25.4 Å². The van der Waals surface area contributed by atoms with E-state index in [1.807, 2.05) is 20.8 Å². The molecule has 5 nitrogen and oxygen atoms in total. The largest absolute Gasteiger partial charge is 0.379 e. The first-order chi connectivity index (χ1) is 9.41. The summed E-state index contributed by atoms with van der Waals surface area (Å²) in [6.07, 6.45) is 3.52. The zero-order chi connectivity index (χ0) is 15.2. The molecule has 0 aliphatic carbocycles. The van der Waals surface area contributed by atoms with Crippen LogP contribution in [0.2, 0.25) is 5.02 Å². The molecule has 0 aliphatic heterocycles. The molecule has 0 bridgehead atoms. The Kier molecular flexibility index (Phi) is 6.49. The minimum atomic E-state index is -0.324. The van der Waals surface area contributed by atoms with Crippen LogP contribution in [0.1, 0.15) is 40.5 Å². The van der Waals surface area contributed by atoms with E-state index in [4.69, 9.17) is 16.3 Å². The van der Waals surface area contributed by atoms with Crippen molar-refractivity contribution in [1.82, 2.24) is 9.78 Å². The molecule has 0 saturated heterocycles. The van der Waals surface area contributed by atoms with Gasteiger partial charge in [-0.05, 0) is 27.2 Å². The Hall–Kier alpha value is -1.07. The molecule has 0 saturated carbocycles. The maximum Gasteiger partial charge on any atom is 0.287 e. The van der Waals surface area contributed by atoms with E-state index in [1.54, 1.807) is 6.20 Å². The fraction of sp³-hybridized carbons (Fsp3) is 0.714. The van der Waals surface area contributed by atoms with Crippen LogP contribution in [0.15, 0.2) is 11.0 Å². The number of nitrogens with zero attached hydrogens (tertiary/aromatic N) is 2. The monoisotopic (exact) mass is 301 g/mol. The van der Waals surface area contributed by atoms with E-state index in [-0.39, 0.29) is 16.2 Å². The van der Waals surface area contributed by atoms with Gasteiger partial charge in [-0.3, -0.25) is 4.79 Å². The predicted molar refractivity (Wildman–Crippen MR) is 82.6 cm³/mol. The van der Waals surface area contributed by atoms with E-state index in [9.17, 15) is 4.79 Å². The van der Waals surface area contributed by atoms with Gasteiger partial charge in [0.05, 0.1) is 17.5 Å². The van der Waals surface area contributed by atoms with Crippen molar-refractivity contribution in [2.45, 2.75) is 52.7 Å². The molecule has 0 unspecified atom stereocenters. The number of anilines is 1. The molecule has 1 N–H and O–H groups in total. The fourth-order valence-corrected chi connectivity index (χ4v) is 2.02. The number of rotatable bonds is 8. The summed E-state index contributed by atoms with van der Waals surface area (Å²) < 4.78 is 7.00. The number of hydrogen-bond acceptors (Lipinski definition) is 4. The maximum absolute atomic E-state index is 12.0. The summed E-state index contributed by atoms with van der Waals surface area (Å²) in [4.78, 5) is 12.0. The van der Waals surface area contributed by atoms with Crippen molar-refractivity contribution < 1.29 is 4.74 Å². The van der Waals surface area contributed by atoms with E-state index < -0.39 is 0 Å². The van der Waals surface area contributed by atoms with Crippen LogP contribution >= 0.6 is 11.6 Å². The number of nitrogens with one attached hydrogen (secondary N) is 1. The highest BCUT2D eigenvalue weighted by atomic mass is 35.5. The molecular formula is C14H24ClN3O2. The second-order valence-electron chi connectivity index (χ2n) is 5.30. The number of ether oxygens (including phenoxy) is 1. The van der Waals surface area contributed by atoms with Crippen molar-refractivity contribution in [3.63, 3.8) is 0 Å². The quantitative estimate of drug-likeness (QED) is 0.802. The van der Waals surface area contributed by atoms with Crippen molar-refractivity contribution in [3.05, 3.63) is 21.6 Å². The van der Waals surface area contributed by atoms with Crippen molar-refractivity contribution in [3.8, 4) is 0 Å². The van der Waals surface area contributed by atoms with Crippen LogP contribution in [0.4, 0.5) is 5.69 Å². The Morgan fingerprint density at radius 2 is 2.15 bits per heavy atom. The molecule has 0 atom stereocenters. The predicted octanol–water partition coefficient (Wildman–Crippen LogP) is 2.92. The van der Waals surface area contributed by atoms with E-state index in [0.717, 1.165) is 12.8 Å². The third-order valence-electron chi connectivity index (χ3n) is 2.95. The Balaban J connectivity index is 2.78. The van der Waals surface area contributed by atoms with Gasteiger partial charge in [0.1, 0.15) is 5.02 Å². The number of halogens is 1. The van der Waals surface area contributed by atoms with Crippen molar-refractivity contribution in [1.29, 1.82) is 0 Å². The first-order valence-corrected chi connectivity index (χ1v) is 7.42. The van der Waals surface area contributed by atoms with Crippen LogP contribution < -0.4 is 10.9 Å². The first-order valence-electron chi connectivity index (χ1n) is 7.04. The van der Waals surface area contributed by atoms with Crippen LogP contribution in [-0.4, -0.2) is 28.5 Å². The van der Waals surface area contributed by atoms with Crippen molar-refractivity contribution >= 4 is 17.3 Å². The molecule has 0 aliphatic rings. The average Bonchev–Trinajstić information content (AvgIpc) is 2.39. The van der Waals surface area contributed by atoms with Gasteiger partial charge >= 0.3 is 0 Å². The molecule has 20 heavy (non-hydrogen) atoms. The Labute approximate surface area is 125 Å². The third kappa shape index (κ3) is 4.80. The van der Waals surface area contributed by atoms with Crippen molar-refractivity contribution in [2.75, 3.05) is 18.5 Å². The number of aromatic nitrogens is 2. The highest BCUT2D eigenvalue weighted by Gasteiger charge is 2.18. The van der Waals surface area contributed by atoms with Gasteiger partial charge in [0.2, 0.25) is 0 Å². The van der Waals surface area contributed by atoms with Crippen LogP contribution in [0.5, 0.6) is 0 Å². The number of hydrogen-bond donors (Lipinski definition) is 1. The molecular weight excluding hydrogens is 278 g/mol. The molecule has 6 heteroatoms. The van der Waals surface area contributed by atoms with Gasteiger partial charge in [-0.1, -0.05) is 24.9 Å². The second kappa shape index (κ2) is 7.64. The van der Waals surface area contributed by atoms with Gasteiger partial charge in [-0.25, -0.2) is 4.68 Å². The third-order valence-corrected chi connectivity index (χ3v) is 3.31. The molecule has 0 fully saturated rings. The normalized spacial score (nSPS) is 11.7. The van der Waals surface area contributed by atoms with Gasteiger partial charge < -0.3 is 10.1 Å². The van der Waals surface area contributed by atoms with Crippen LogP contribution in [-0.2, 0) is 11.3 Å². The smallest absolute Gasteiger partial charge is 0.287 e. The van der Waals surface area contributed by atoms with Gasteiger partial charge in [0.25, 0.3) is 5.56 Å². The minimum Gasteiger partial charge on any atom is -0.379 e. The van der Waals surface area contributed by atoms with Crippen LogP contribution in [0.3, 0.4) is 0 Å². The molecule has 1 aromatic rings. The van der Waals surface area contributed by atoms with Gasteiger partial charge in [0, 0.05) is 19.7 Å². The number of unbranched alkanes of at least 4 members (excludes halogenated alkanes) is 1.